The zero-order valence-electron chi connectivity index (χ0n) is 10.7. The van der Waals surface area contributed by atoms with E-state index in [9.17, 15) is 9.90 Å². The number of H-pyrrole nitrogens is 1. The van der Waals surface area contributed by atoms with Crippen LogP contribution in [0.2, 0.25) is 0 Å². The van der Waals surface area contributed by atoms with Crippen LogP contribution in [0.25, 0.3) is 11.5 Å². The van der Waals surface area contributed by atoms with E-state index in [0.29, 0.717) is 11.5 Å². The molecule has 18 heavy (non-hydrogen) atoms. The molecule has 0 radical (unpaired) electrons. The Labute approximate surface area is 109 Å². The van der Waals surface area contributed by atoms with E-state index in [2.05, 4.69) is 35.7 Å². The molecule has 0 aliphatic heterocycles. The molecule has 0 saturated heterocycles. The van der Waals surface area contributed by atoms with Gasteiger partial charge >= 0.3 is 0 Å². The van der Waals surface area contributed by atoms with Gasteiger partial charge in [0.1, 0.15) is 5.69 Å². The summed E-state index contributed by atoms with van der Waals surface area (Å²) < 4.78 is 0. The lowest BCUT2D eigenvalue weighted by Gasteiger charge is -2.13. The minimum atomic E-state index is -0.345. The van der Waals surface area contributed by atoms with E-state index >= 15 is 0 Å². The van der Waals surface area contributed by atoms with Gasteiger partial charge in [0.15, 0.2) is 5.82 Å². The van der Waals surface area contributed by atoms with Gasteiger partial charge in [-0.15, -0.1) is 11.3 Å². The maximum atomic E-state index is 11.6. The van der Waals surface area contributed by atoms with Crippen LogP contribution in [0, 0.1) is 6.92 Å². The van der Waals surface area contributed by atoms with Gasteiger partial charge in [0, 0.05) is 10.8 Å². The third-order valence-electron chi connectivity index (χ3n) is 2.51. The fourth-order valence-corrected chi connectivity index (χ4v) is 2.26. The van der Waals surface area contributed by atoms with E-state index in [0.717, 1.165) is 5.01 Å². The molecule has 2 aromatic heterocycles. The molecule has 0 saturated carbocycles. The highest BCUT2D eigenvalue weighted by Gasteiger charge is 2.19. The topological polar surface area (TPSA) is 78.9 Å². The number of hydrogen-bond acceptors (Lipinski definition) is 5. The third-order valence-corrected chi connectivity index (χ3v) is 3.78. The molecule has 0 spiro atoms. The largest absolute Gasteiger partial charge is 0.493 e. The molecule has 0 bridgehead atoms. The van der Waals surface area contributed by atoms with Gasteiger partial charge in [-0.05, 0) is 6.92 Å². The van der Waals surface area contributed by atoms with Gasteiger partial charge in [-0.1, -0.05) is 20.8 Å². The Morgan fingerprint density at radius 2 is 2.00 bits per heavy atom. The molecular formula is C12H15N3O2S. The smallest absolute Gasteiger partial charge is 0.257 e. The van der Waals surface area contributed by atoms with Crippen LogP contribution in [0.4, 0.5) is 0 Å². The number of nitrogens with zero attached hydrogens (tertiary/aromatic N) is 2. The van der Waals surface area contributed by atoms with Gasteiger partial charge in [0.2, 0.25) is 5.88 Å². The zero-order chi connectivity index (χ0) is 13.5. The molecule has 96 valence electrons. The monoisotopic (exact) mass is 265 g/mol. The van der Waals surface area contributed by atoms with E-state index in [1.165, 1.54) is 18.3 Å². The summed E-state index contributed by atoms with van der Waals surface area (Å²) in [5.41, 5.74) is 0.404. The summed E-state index contributed by atoms with van der Waals surface area (Å²) in [7, 11) is 0. The summed E-state index contributed by atoms with van der Waals surface area (Å²) in [5.74, 6) is 0.0499. The minimum absolute atomic E-state index is 0.0457. The second kappa shape index (κ2) is 4.20. The van der Waals surface area contributed by atoms with Crippen LogP contribution in [0.15, 0.2) is 10.2 Å². The van der Waals surface area contributed by atoms with E-state index in [1.54, 1.807) is 0 Å². The summed E-state index contributed by atoms with van der Waals surface area (Å²) in [6, 6.07) is 0. The molecule has 0 fully saturated rings. The molecule has 6 heteroatoms. The van der Waals surface area contributed by atoms with Crippen LogP contribution in [0.5, 0.6) is 5.88 Å². The molecule has 0 aliphatic rings. The average Bonchev–Trinajstić information content (AvgIpc) is 2.73. The average molecular weight is 265 g/mol. The van der Waals surface area contributed by atoms with E-state index in [4.69, 9.17) is 0 Å². The standard InChI is InChI=1S/C12H15N3O2S/c1-6-9(16)14-8(15-10(6)17)7-5-18-11(13-7)12(2,3)4/h5H,1-4H3,(H2,14,15,16,17). The first-order valence-corrected chi connectivity index (χ1v) is 6.43. The van der Waals surface area contributed by atoms with Crippen molar-refractivity contribution in [3.8, 4) is 17.4 Å². The highest BCUT2D eigenvalue weighted by atomic mass is 32.1. The number of hydrogen-bond donors (Lipinski definition) is 2. The van der Waals surface area contributed by atoms with Crippen molar-refractivity contribution >= 4 is 11.3 Å². The molecule has 0 atom stereocenters. The van der Waals surface area contributed by atoms with Crippen LogP contribution in [0.3, 0.4) is 0 Å². The second-order valence-electron chi connectivity index (χ2n) is 5.15. The fourth-order valence-electron chi connectivity index (χ4n) is 1.37. The Morgan fingerprint density at radius 3 is 2.50 bits per heavy atom. The van der Waals surface area contributed by atoms with Gasteiger partial charge in [-0.2, -0.15) is 4.98 Å². The Balaban J connectivity index is 2.50. The minimum Gasteiger partial charge on any atom is -0.493 e. The lowest BCUT2D eigenvalue weighted by Crippen LogP contribution is -2.13. The van der Waals surface area contributed by atoms with Gasteiger partial charge < -0.3 is 10.1 Å². The number of aromatic nitrogens is 3. The maximum Gasteiger partial charge on any atom is 0.257 e. The lowest BCUT2D eigenvalue weighted by molar-refractivity contribution is 0.447. The number of thiazole rings is 1. The number of rotatable bonds is 1. The molecule has 2 heterocycles. The van der Waals surface area contributed by atoms with Crippen molar-refractivity contribution in [1.29, 1.82) is 0 Å². The summed E-state index contributed by atoms with van der Waals surface area (Å²) in [6.45, 7) is 7.72. The molecule has 0 unspecified atom stereocenters. The molecule has 5 nitrogen and oxygen atoms in total. The zero-order valence-corrected chi connectivity index (χ0v) is 11.6. The van der Waals surface area contributed by atoms with Crippen LogP contribution < -0.4 is 5.56 Å². The molecule has 0 amide bonds. The van der Waals surface area contributed by atoms with Gasteiger partial charge in [-0.25, -0.2) is 4.98 Å². The van der Waals surface area contributed by atoms with E-state index < -0.39 is 0 Å². The van der Waals surface area contributed by atoms with Crippen molar-refractivity contribution in [2.24, 2.45) is 0 Å². The summed E-state index contributed by atoms with van der Waals surface area (Å²) in [5, 5.41) is 12.3. The number of aromatic amines is 1. The maximum absolute atomic E-state index is 11.6. The summed E-state index contributed by atoms with van der Waals surface area (Å²) in [4.78, 5) is 22.6. The lowest BCUT2D eigenvalue weighted by atomic mass is 9.98. The normalized spacial score (nSPS) is 11.8. The molecule has 2 rings (SSSR count). The Kier molecular flexibility index (Phi) is 2.98. The first kappa shape index (κ1) is 12.8. The predicted molar refractivity (Wildman–Crippen MR) is 71.1 cm³/mol. The van der Waals surface area contributed by atoms with Crippen LogP contribution in [-0.4, -0.2) is 20.1 Å². The van der Waals surface area contributed by atoms with Gasteiger partial charge in [0.25, 0.3) is 5.56 Å². The van der Waals surface area contributed by atoms with E-state index in [-0.39, 0.29) is 22.4 Å². The number of nitrogens with one attached hydrogen (secondary N) is 1. The van der Waals surface area contributed by atoms with Gasteiger partial charge in [0.05, 0.1) is 10.6 Å². The van der Waals surface area contributed by atoms with Crippen molar-refractivity contribution in [2.45, 2.75) is 33.1 Å². The van der Waals surface area contributed by atoms with Crippen molar-refractivity contribution in [1.82, 2.24) is 15.0 Å². The van der Waals surface area contributed by atoms with Crippen molar-refractivity contribution < 1.29 is 5.11 Å². The van der Waals surface area contributed by atoms with Crippen molar-refractivity contribution in [3.05, 3.63) is 26.3 Å². The summed E-state index contributed by atoms with van der Waals surface area (Å²) in [6.07, 6.45) is 0. The molecular weight excluding hydrogens is 250 g/mol. The van der Waals surface area contributed by atoms with Crippen LogP contribution >= 0.6 is 11.3 Å². The quantitative estimate of drug-likeness (QED) is 0.828. The SMILES string of the molecule is Cc1c(O)nc(-c2csc(C(C)(C)C)n2)[nH]c1=O. The van der Waals surface area contributed by atoms with Gasteiger partial charge in [-0.3, -0.25) is 4.79 Å². The number of aromatic hydroxyl groups is 1. The third kappa shape index (κ3) is 2.28. The Bertz CT molecular complexity index is 638. The fraction of sp³-hybridized carbons (Fsp3) is 0.417. The Morgan fingerprint density at radius 1 is 1.33 bits per heavy atom. The first-order chi connectivity index (χ1) is 8.29. The highest BCUT2D eigenvalue weighted by Crippen LogP contribution is 2.28. The Hall–Kier alpha value is -1.69. The molecule has 0 aliphatic carbocycles. The van der Waals surface area contributed by atoms with E-state index in [1.807, 2.05) is 5.38 Å². The van der Waals surface area contributed by atoms with Crippen molar-refractivity contribution in [3.63, 3.8) is 0 Å². The highest BCUT2D eigenvalue weighted by molar-refractivity contribution is 7.10. The molecule has 0 aromatic carbocycles. The van der Waals surface area contributed by atoms with Crippen molar-refractivity contribution in [2.75, 3.05) is 0 Å². The summed E-state index contributed by atoms with van der Waals surface area (Å²) >= 11 is 1.51. The molecule has 2 N–H and O–H groups in total. The first-order valence-electron chi connectivity index (χ1n) is 5.55. The van der Waals surface area contributed by atoms with Crippen LogP contribution in [-0.2, 0) is 5.41 Å². The second-order valence-corrected chi connectivity index (χ2v) is 6.01. The molecule has 2 aromatic rings. The predicted octanol–water partition coefficient (Wildman–Crippen LogP) is 2.20. The van der Waals surface area contributed by atoms with Crippen LogP contribution in [0.1, 0.15) is 31.3 Å².